The van der Waals surface area contributed by atoms with Crippen LogP contribution in [-0.2, 0) is 19.1 Å². The van der Waals surface area contributed by atoms with Crippen LogP contribution >= 0.6 is 0 Å². The quantitative estimate of drug-likeness (QED) is 0.558. The second-order valence-electron chi connectivity index (χ2n) is 5.77. The van der Waals surface area contributed by atoms with Crippen molar-refractivity contribution in [2.24, 2.45) is 5.41 Å². The van der Waals surface area contributed by atoms with Gasteiger partial charge in [-0.05, 0) is 40.0 Å². The van der Waals surface area contributed by atoms with Crippen LogP contribution in [0, 0.1) is 5.41 Å². The Morgan fingerprint density at radius 1 is 1.41 bits per heavy atom. The number of Topliss-reactive ketones (excluding diaryl/α,β-unsaturated/α-hetero) is 1. The van der Waals surface area contributed by atoms with Crippen molar-refractivity contribution in [1.82, 2.24) is 0 Å². The van der Waals surface area contributed by atoms with E-state index in [1.54, 1.807) is 0 Å². The van der Waals surface area contributed by atoms with E-state index >= 15 is 0 Å². The Labute approximate surface area is 102 Å². The largest absolute Gasteiger partial charge is 0.465 e. The molecule has 0 radical (unpaired) electrons. The summed E-state index contributed by atoms with van der Waals surface area (Å²) in [4.78, 5) is 23.6. The molecule has 2 heterocycles. The van der Waals surface area contributed by atoms with Crippen LogP contribution in [0.4, 0.5) is 0 Å². The first kappa shape index (κ1) is 12.6. The number of carbonyl (C=O) groups excluding carboxylic acids is 2. The summed E-state index contributed by atoms with van der Waals surface area (Å²) < 4.78 is 10.9. The van der Waals surface area contributed by atoms with Gasteiger partial charge in [-0.3, -0.25) is 9.59 Å². The Morgan fingerprint density at radius 2 is 2.12 bits per heavy atom. The van der Waals surface area contributed by atoms with Gasteiger partial charge in [0.05, 0.1) is 18.3 Å². The third-order valence-electron chi connectivity index (χ3n) is 3.96. The maximum Gasteiger partial charge on any atom is 0.319 e. The molecule has 0 aromatic heterocycles. The highest BCUT2D eigenvalue weighted by molar-refractivity contribution is 6.03. The van der Waals surface area contributed by atoms with Crippen molar-refractivity contribution in [3.05, 3.63) is 0 Å². The predicted octanol–water partition coefficient (Wildman–Crippen LogP) is 1.86. The molecule has 2 aliphatic rings. The molecule has 2 rings (SSSR count). The lowest BCUT2D eigenvalue weighted by molar-refractivity contribution is -0.153. The standard InChI is InChI=1S/C13H20O4/c1-9(14)13(6-7-16-11(13)15)8-10-4-5-12(2,3)17-10/h10H,4-8H2,1-3H3. The lowest BCUT2D eigenvalue weighted by Gasteiger charge is -2.26. The van der Waals surface area contributed by atoms with Gasteiger partial charge in [0.2, 0.25) is 0 Å². The number of esters is 1. The molecule has 0 saturated carbocycles. The van der Waals surface area contributed by atoms with E-state index < -0.39 is 5.41 Å². The fourth-order valence-electron chi connectivity index (χ4n) is 2.82. The summed E-state index contributed by atoms with van der Waals surface area (Å²) in [7, 11) is 0. The maximum absolute atomic E-state index is 11.8. The molecule has 4 nitrogen and oxygen atoms in total. The van der Waals surface area contributed by atoms with Gasteiger partial charge in [0.15, 0.2) is 0 Å². The Balaban J connectivity index is 2.10. The molecule has 17 heavy (non-hydrogen) atoms. The molecule has 2 saturated heterocycles. The van der Waals surface area contributed by atoms with Crippen molar-refractivity contribution in [3.63, 3.8) is 0 Å². The number of cyclic esters (lactones) is 1. The number of ketones is 1. The topological polar surface area (TPSA) is 52.6 Å². The molecule has 0 N–H and O–H groups in total. The van der Waals surface area contributed by atoms with E-state index in [9.17, 15) is 9.59 Å². The second-order valence-corrected chi connectivity index (χ2v) is 5.77. The smallest absolute Gasteiger partial charge is 0.319 e. The molecule has 2 fully saturated rings. The van der Waals surface area contributed by atoms with Gasteiger partial charge in [0.1, 0.15) is 11.2 Å². The van der Waals surface area contributed by atoms with Crippen LogP contribution in [0.15, 0.2) is 0 Å². The van der Waals surface area contributed by atoms with Crippen molar-refractivity contribution in [1.29, 1.82) is 0 Å². The lowest BCUT2D eigenvalue weighted by Crippen LogP contribution is -2.38. The highest BCUT2D eigenvalue weighted by Gasteiger charge is 2.51. The zero-order valence-electron chi connectivity index (χ0n) is 10.7. The van der Waals surface area contributed by atoms with Crippen LogP contribution in [-0.4, -0.2) is 30.1 Å². The summed E-state index contributed by atoms with van der Waals surface area (Å²) in [5.41, 5.74) is -1.07. The van der Waals surface area contributed by atoms with E-state index in [-0.39, 0.29) is 23.5 Å². The Bertz CT molecular complexity index is 347. The predicted molar refractivity (Wildman–Crippen MR) is 61.5 cm³/mol. The maximum atomic E-state index is 11.8. The summed E-state index contributed by atoms with van der Waals surface area (Å²) in [6.45, 7) is 5.92. The summed E-state index contributed by atoms with van der Waals surface area (Å²) in [5, 5.41) is 0. The van der Waals surface area contributed by atoms with E-state index in [2.05, 4.69) is 0 Å². The molecule has 0 aromatic carbocycles. The Kier molecular flexibility index (Phi) is 3.02. The molecule has 0 aromatic rings. The summed E-state index contributed by atoms with van der Waals surface area (Å²) in [6, 6.07) is 0. The fourth-order valence-corrected chi connectivity index (χ4v) is 2.82. The summed E-state index contributed by atoms with van der Waals surface area (Å²) in [6.07, 6.45) is 2.86. The van der Waals surface area contributed by atoms with E-state index in [4.69, 9.17) is 9.47 Å². The summed E-state index contributed by atoms with van der Waals surface area (Å²) in [5.74, 6) is -0.452. The molecule has 96 valence electrons. The van der Waals surface area contributed by atoms with Gasteiger partial charge < -0.3 is 9.47 Å². The Morgan fingerprint density at radius 3 is 2.53 bits per heavy atom. The lowest BCUT2D eigenvalue weighted by atomic mass is 9.77. The monoisotopic (exact) mass is 240 g/mol. The zero-order valence-corrected chi connectivity index (χ0v) is 10.7. The van der Waals surface area contributed by atoms with Crippen molar-refractivity contribution in [3.8, 4) is 0 Å². The number of ether oxygens (including phenoxy) is 2. The molecule has 0 aliphatic carbocycles. The Hall–Kier alpha value is -0.900. The van der Waals surface area contributed by atoms with Gasteiger partial charge in [-0.2, -0.15) is 0 Å². The molecule has 0 spiro atoms. The van der Waals surface area contributed by atoms with Gasteiger partial charge in [-0.25, -0.2) is 0 Å². The van der Waals surface area contributed by atoms with Crippen LogP contribution in [0.25, 0.3) is 0 Å². The number of hydrogen-bond donors (Lipinski definition) is 0. The average molecular weight is 240 g/mol. The van der Waals surface area contributed by atoms with E-state index in [0.717, 1.165) is 12.8 Å². The molecule has 0 bridgehead atoms. The van der Waals surface area contributed by atoms with Gasteiger partial charge >= 0.3 is 5.97 Å². The molecule has 2 unspecified atom stereocenters. The van der Waals surface area contributed by atoms with Crippen molar-refractivity contribution in [2.45, 2.75) is 58.2 Å². The van der Waals surface area contributed by atoms with Gasteiger partial charge in [0, 0.05) is 6.42 Å². The van der Waals surface area contributed by atoms with Crippen LogP contribution in [0.3, 0.4) is 0 Å². The fraction of sp³-hybridized carbons (Fsp3) is 0.846. The third kappa shape index (κ3) is 2.23. The first-order valence-corrected chi connectivity index (χ1v) is 6.22. The number of hydrogen-bond acceptors (Lipinski definition) is 4. The zero-order chi connectivity index (χ0) is 12.7. The minimum Gasteiger partial charge on any atom is -0.465 e. The molecule has 2 atom stereocenters. The van der Waals surface area contributed by atoms with E-state index in [1.807, 2.05) is 13.8 Å². The van der Waals surface area contributed by atoms with E-state index in [0.29, 0.717) is 19.4 Å². The van der Waals surface area contributed by atoms with Crippen LogP contribution < -0.4 is 0 Å². The van der Waals surface area contributed by atoms with Crippen LogP contribution in [0.5, 0.6) is 0 Å². The number of rotatable bonds is 3. The molecular formula is C13H20O4. The highest BCUT2D eigenvalue weighted by Crippen LogP contribution is 2.41. The first-order valence-electron chi connectivity index (χ1n) is 6.22. The normalized spacial score (nSPS) is 35.9. The van der Waals surface area contributed by atoms with Crippen molar-refractivity contribution in [2.75, 3.05) is 6.61 Å². The van der Waals surface area contributed by atoms with Gasteiger partial charge in [-0.1, -0.05) is 0 Å². The average Bonchev–Trinajstić information content (AvgIpc) is 2.72. The second kappa shape index (κ2) is 4.09. The van der Waals surface area contributed by atoms with Crippen molar-refractivity contribution >= 4 is 11.8 Å². The third-order valence-corrected chi connectivity index (χ3v) is 3.96. The molecule has 2 aliphatic heterocycles. The molecule has 0 amide bonds. The van der Waals surface area contributed by atoms with E-state index in [1.165, 1.54) is 6.92 Å². The minimum absolute atomic E-state index is 0.000417. The SMILES string of the molecule is CC(=O)C1(CC2CCC(C)(C)O2)CCOC1=O. The van der Waals surface area contributed by atoms with Crippen LogP contribution in [0.1, 0.15) is 46.5 Å². The minimum atomic E-state index is -0.939. The molecule has 4 heteroatoms. The van der Waals surface area contributed by atoms with Crippen LogP contribution in [0.2, 0.25) is 0 Å². The molecular weight excluding hydrogens is 220 g/mol. The highest BCUT2D eigenvalue weighted by atomic mass is 16.5. The van der Waals surface area contributed by atoms with Gasteiger partial charge in [-0.15, -0.1) is 0 Å². The number of carbonyl (C=O) groups is 2. The summed E-state index contributed by atoms with van der Waals surface area (Å²) >= 11 is 0. The van der Waals surface area contributed by atoms with Crippen molar-refractivity contribution < 1.29 is 19.1 Å². The first-order chi connectivity index (χ1) is 7.86. The van der Waals surface area contributed by atoms with Gasteiger partial charge in [0.25, 0.3) is 0 Å².